The van der Waals surface area contributed by atoms with Gasteiger partial charge in [-0.25, -0.2) is 23.2 Å². The molecular weight excluding hydrogens is 530 g/mol. The lowest BCUT2D eigenvalue weighted by molar-refractivity contribution is -0.163. The van der Waals surface area contributed by atoms with E-state index < -0.39 is 59.7 Å². The molecule has 1 aliphatic heterocycles. The Kier molecular flexibility index (Phi) is 12.8. The Bertz CT molecular complexity index is 1050. The number of unbranched alkanes of at least 4 members (excludes halogenated alkanes) is 2. The average Bonchev–Trinajstić information content (AvgIpc) is 3.39. The summed E-state index contributed by atoms with van der Waals surface area (Å²) in [5.41, 5.74) is 0.0867. The van der Waals surface area contributed by atoms with Gasteiger partial charge in [0.05, 0.1) is 7.11 Å². The molecule has 1 fully saturated rings. The maximum Gasteiger partial charge on any atom is 0.332 e. The molecule has 1 saturated heterocycles. The molecule has 11 nitrogen and oxygen atoms in total. The number of nitrogens with zero attached hydrogens (tertiary/aromatic N) is 1. The van der Waals surface area contributed by atoms with Crippen molar-refractivity contribution in [3.63, 3.8) is 0 Å². The summed E-state index contributed by atoms with van der Waals surface area (Å²) in [4.78, 5) is 64.4. The molecule has 13 heteroatoms. The zero-order chi connectivity index (χ0) is 29.8. The van der Waals surface area contributed by atoms with Crippen molar-refractivity contribution in [2.24, 2.45) is 0 Å². The van der Waals surface area contributed by atoms with Crippen molar-refractivity contribution in [3.8, 4) is 0 Å². The van der Waals surface area contributed by atoms with E-state index in [0.29, 0.717) is 38.4 Å². The van der Waals surface area contributed by atoms with Crippen LogP contribution in [0.25, 0.3) is 0 Å². The topological polar surface area (TPSA) is 143 Å². The van der Waals surface area contributed by atoms with Crippen molar-refractivity contribution < 1.29 is 42.2 Å². The molecule has 0 aromatic heterocycles. The lowest BCUT2D eigenvalue weighted by atomic mass is 10.0. The van der Waals surface area contributed by atoms with Crippen LogP contribution in [0.5, 0.6) is 0 Å². The zero-order valence-corrected chi connectivity index (χ0v) is 23.3. The molecule has 1 unspecified atom stereocenters. The fourth-order valence-electron chi connectivity index (χ4n) is 4.43. The van der Waals surface area contributed by atoms with Crippen molar-refractivity contribution in [2.45, 2.75) is 83.5 Å². The molecule has 1 aliphatic rings. The van der Waals surface area contributed by atoms with Gasteiger partial charge in [-0.3, -0.25) is 9.59 Å². The standard InChI is InChI=1S/C27H38F2N4O7/c1-5-6-7-10-30-27(38)31-21(14-18-12-19(28)15-20(29)13-18)24(35)32-23(26(37)39-4)16(2)40-25(36)22-9-8-11-33(22)17(3)34/h12-13,15-16,21-23H,5-11,14H2,1-4H3,(H,32,35)(H2,30,31,38)/t16-,21+,22?,23+/m1/s1. The molecule has 0 radical (unpaired) electrons. The number of carbonyl (C=O) groups excluding carboxylic acids is 5. The van der Waals surface area contributed by atoms with Crippen LogP contribution in [-0.2, 0) is 35.1 Å². The van der Waals surface area contributed by atoms with Crippen LogP contribution in [0.3, 0.4) is 0 Å². The van der Waals surface area contributed by atoms with Gasteiger partial charge in [-0.1, -0.05) is 19.8 Å². The number of hydrogen-bond acceptors (Lipinski definition) is 7. The quantitative estimate of drug-likeness (QED) is 0.244. The second-order valence-corrected chi connectivity index (χ2v) is 9.66. The van der Waals surface area contributed by atoms with Crippen LogP contribution in [0, 0.1) is 11.6 Å². The lowest BCUT2D eigenvalue weighted by Crippen LogP contribution is -2.57. The van der Waals surface area contributed by atoms with Gasteiger partial charge in [0.25, 0.3) is 0 Å². The van der Waals surface area contributed by atoms with E-state index in [1.807, 2.05) is 6.92 Å². The Morgan fingerprint density at radius 3 is 2.35 bits per heavy atom. The number of amides is 4. The molecule has 40 heavy (non-hydrogen) atoms. The number of nitrogens with one attached hydrogen (secondary N) is 3. The molecule has 222 valence electrons. The summed E-state index contributed by atoms with van der Waals surface area (Å²) in [6.45, 7) is 5.46. The predicted octanol–water partition coefficient (Wildman–Crippen LogP) is 1.97. The molecule has 0 bridgehead atoms. The van der Waals surface area contributed by atoms with Gasteiger partial charge >= 0.3 is 18.0 Å². The highest BCUT2D eigenvalue weighted by Crippen LogP contribution is 2.20. The molecule has 4 amide bonds. The van der Waals surface area contributed by atoms with Gasteiger partial charge in [-0.05, 0) is 43.9 Å². The van der Waals surface area contributed by atoms with Gasteiger partial charge in [0.2, 0.25) is 11.8 Å². The van der Waals surface area contributed by atoms with Gasteiger partial charge in [-0.2, -0.15) is 0 Å². The smallest absolute Gasteiger partial charge is 0.332 e. The Hall–Kier alpha value is -3.77. The molecule has 0 aliphatic carbocycles. The van der Waals surface area contributed by atoms with E-state index in [9.17, 15) is 32.8 Å². The highest BCUT2D eigenvalue weighted by Gasteiger charge is 2.38. The van der Waals surface area contributed by atoms with E-state index in [4.69, 9.17) is 9.47 Å². The number of benzene rings is 1. The summed E-state index contributed by atoms with van der Waals surface area (Å²) < 4.78 is 37.8. The summed E-state index contributed by atoms with van der Waals surface area (Å²) in [5, 5.41) is 7.52. The van der Waals surface area contributed by atoms with Gasteiger partial charge < -0.3 is 30.3 Å². The normalized spacial score (nSPS) is 16.9. The van der Waals surface area contributed by atoms with Crippen molar-refractivity contribution in [1.29, 1.82) is 0 Å². The van der Waals surface area contributed by atoms with Crippen LogP contribution in [0.4, 0.5) is 13.6 Å². The molecule has 0 saturated carbocycles. The Morgan fingerprint density at radius 1 is 1.07 bits per heavy atom. The van der Waals surface area contributed by atoms with E-state index >= 15 is 0 Å². The van der Waals surface area contributed by atoms with Crippen LogP contribution in [0.2, 0.25) is 0 Å². The van der Waals surface area contributed by atoms with Gasteiger partial charge in [0.15, 0.2) is 6.04 Å². The van der Waals surface area contributed by atoms with Gasteiger partial charge in [-0.15, -0.1) is 0 Å². The van der Waals surface area contributed by atoms with E-state index in [2.05, 4.69) is 16.0 Å². The van der Waals surface area contributed by atoms with Crippen molar-refractivity contribution in [2.75, 3.05) is 20.2 Å². The second-order valence-electron chi connectivity index (χ2n) is 9.66. The van der Waals surface area contributed by atoms with Crippen LogP contribution in [0.15, 0.2) is 18.2 Å². The molecule has 1 aromatic rings. The Balaban J connectivity index is 2.19. The first kappa shape index (κ1) is 32.4. The maximum atomic E-state index is 13.8. The van der Waals surface area contributed by atoms with Crippen molar-refractivity contribution in [3.05, 3.63) is 35.4 Å². The average molecular weight is 569 g/mol. The number of likely N-dealkylation sites (tertiary alicyclic amines) is 1. The minimum atomic E-state index is -1.48. The number of halogens is 2. The van der Waals surface area contributed by atoms with E-state index in [0.717, 1.165) is 32.1 Å². The minimum absolute atomic E-state index is 0.0867. The van der Waals surface area contributed by atoms with Crippen molar-refractivity contribution >= 4 is 29.8 Å². The van der Waals surface area contributed by atoms with Gasteiger partial charge in [0, 0.05) is 32.5 Å². The third kappa shape index (κ3) is 9.76. The summed E-state index contributed by atoms with van der Waals surface area (Å²) in [6.07, 6.45) is 2.02. The highest BCUT2D eigenvalue weighted by atomic mass is 19.1. The first-order valence-electron chi connectivity index (χ1n) is 13.3. The van der Waals surface area contributed by atoms with Crippen LogP contribution >= 0.6 is 0 Å². The largest absolute Gasteiger partial charge is 0.467 e. The second kappa shape index (κ2) is 15.7. The highest BCUT2D eigenvalue weighted by molar-refractivity contribution is 5.91. The third-order valence-corrected chi connectivity index (χ3v) is 6.50. The minimum Gasteiger partial charge on any atom is -0.467 e. The van der Waals surface area contributed by atoms with Crippen LogP contribution in [0.1, 0.15) is 58.4 Å². The molecule has 1 heterocycles. The van der Waals surface area contributed by atoms with Crippen molar-refractivity contribution in [1.82, 2.24) is 20.9 Å². The van der Waals surface area contributed by atoms with Gasteiger partial charge in [0.1, 0.15) is 29.8 Å². The predicted molar refractivity (Wildman–Crippen MR) is 140 cm³/mol. The van der Waals surface area contributed by atoms with E-state index in [1.165, 1.54) is 18.7 Å². The summed E-state index contributed by atoms with van der Waals surface area (Å²) in [5.74, 6) is -4.56. The molecular formula is C27H38F2N4O7. The number of esters is 2. The molecule has 2 rings (SSSR count). The maximum absolute atomic E-state index is 13.8. The zero-order valence-electron chi connectivity index (χ0n) is 23.3. The molecule has 1 aromatic carbocycles. The van der Waals surface area contributed by atoms with E-state index in [-0.39, 0.29) is 17.9 Å². The number of methoxy groups -OCH3 is 1. The first-order valence-corrected chi connectivity index (χ1v) is 13.3. The third-order valence-electron chi connectivity index (χ3n) is 6.50. The molecule has 0 spiro atoms. The summed E-state index contributed by atoms with van der Waals surface area (Å²) >= 11 is 0. The number of hydrogen-bond donors (Lipinski definition) is 3. The lowest BCUT2D eigenvalue weighted by Gasteiger charge is -2.28. The number of urea groups is 1. The number of carbonyl (C=O) groups is 5. The first-order chi connectivity index (χ1) is 19.0. The SMILES string of the molecule is CCCCCNC(=O)N[C@@H](Cc1cc(F)cc(F)c1)C(=O)N[C@H](C(=O)OC)[C@@H](C)OC(=O)C1CCCN1C(C)=O. The summed E-state index contributed by atoms with van der Waals surface area (Å²) in [7, 11) is 1.08. The fraction of sp³-hybridized carbons (Fsp3) is 0.593. The number of ether oxygens (including phenoxy) is 2. The summed E-state index contributed by atoms with van der Waals surface area (Å²) in [6, 6.07) is -1.62. The Morgan fingerprint density at radius 2 is 1.75 bits per heavy atom. The van der Waals surface area contributed by atoms with Crippen LogP contribution in [-0.4, -0.2) is 79.1 Å². The molecule has 3 N–H and O–H groups in total. The monoisotopic (exact) mass is 568 g/mol. The van der Waals surface area contributed by atoms with Crippen LogP contribution < -0.4 is 16.0 Å². The fourth-order valence-corrected chi connectivity index (χ4v) is 4.43. The Labute approximate surface area is 232 Å². The number of rotatable bonds is 13. The van der Waals surface area contributed by atoms with E-state index in [1.54, 1.807) is 0 Å². The molecule has 4 atom stereocenters.